The Morgan fingerprint density at radius 3 is 2.71 bits per heavy atom. The molecule has 0 atom stereocenters. The van der Waals surface area contributed by atoms with E-state index in [1.54, 1.807) is 6.07 Å². The minimum absolute atomic E-state index is 0.170. The molecular formula is C12H9BrF3N. The fraction of sp³-hybridized carbons (Fsp3) is 0.333. The summed E-state index contributed by atoms with van der Waals surface area (Å²) in [6, 6.07) is 5.46. The van der Waals surface area contributed by atoms with Gasteiger partial charge in [-0.05, 0) is 34.3 Å². The van der Waals surface area contributed by atoms with Crippen LogP contribution in [0.25, 0.3) is 10.9 Å². The zero-order chi connectivity index (χ0) is 12.2. The first-order chi connectivity index (χ1) is 8.00. The van der Waals surface area contributed by atoms with Gasteiger partial charge < -0.3 is 4.57 Å². The van der Waals surface area contributed by atoms with Crippen molar-refractivity contribution in [2.75, 3.05) is 0 Å². The van der Waals surface area contributed by atoms with E-state index in [0.717, 1.165) is 23.9 Å². The van der Waals surface area contributed by atoms with E-state index in [1.807, 2.05) is 12.1 Å². The summed E-state index contributed by atoms with van der Waals surface area (Å²) in [4.78, 5) is 0. The summed E-state index contributed by atoms with van der Waals surface area (Å²) in [5.74, 6) is 0. The second kappa shape index (κ2) is 3.51. The highest BCUT2D eigenvalue weighted by Gasteiger charge is 2.39. The molecule has 0 saturated heterocycles. The first kappa shape index (κ1) is 11.1. The van der Waals surface area contributed by atoms with E-state index in [2.05, 4.69) is 15.9 Å². The summed E-state index contributed by atoms with van der Waals surface area (Å²) in [6.07, 6.45) is -2.70. The molecule has 1 aromatic carbocycles. The quantitative estimate of drug-likeness (QED) is 0.681. The molecule has 3 rings (SSSR count). The normalized spacial score (nSPS) is 15.5. The predicted octanol–water partition coefficient (Wildman–Crippen LogP) is 4.37. The van der Waals surface area contributed by atoms with Gasteiger partial charge in [-0.25, -0.2) is 0 Å². The lowest BCUT2D eigenvalue weighted by Gasteiger charge is -2.18. The molecule has 0 radical (unpaired) electrons. The van der Waals surface area contributed by atoms with Crippen LogP contribution >= 0.6 is 15.9 Å². The van der Waals surface area contributed by atoms with Crippen LogP contribution in [0.15, 0.2) is 22.7 Å². The van der Waals surface area contributed by atoms with Crippen molar-refractivity contribution in [2.24, 2.45) is 0 Å². The highest BCUT2D eigenvalue weighted by Crippen LogP contribution is 2.43. The average Bonchev–Trinajstić information content (AvgIpc) is 2.54. The van der Waals surface area contributed by atoms with E-state index in [1.165, 1.54) is 4.57 Å². The molecular weight excluding hydrogens is 295 g/mol. The number of aryl methyl sites for hydroxylation is 2. The van der Waals surface area contributed by atoms with Crippen LogP contribution in [-0.4, -0.2) is 4.57 Å². The molecule has 1 aliphatic heterocycles. The number of para-hydroxylation sites is 1. The third kappa shape index (κ3) is 1.52. The van der Waals surface area contributed by atoms with Crippen LogP contribution in [0, 0.1) is 0 Å². The van der Waals surface area contributed by atoms with E-state index in [-0.39, 0.29) is 4.47 Å². The third-order valence-electron chi connectivity index (χ3n) is 3.20. The molecule has 0 unspecified atom stereocenters. The fourth-order valence-corrected chi connectivity index (χ4v) is 3.33. The highest BCUT2D eigenvalue weighted by atomic mass is 79.9. The number of nitrogens with zero attached hydrogens (tertiary/aromatic N) is 1. The summed E-state index contributed by atoms with van der Waals surface area (Å²) in [6.45, 7) is 0.438. The van der Waals surface area contributed by atoms with Gasteiger partial charge >= 0.3 is 6.18 Å². The van der Waals surface area contributed by atoms with Gasteiger partial charge in [0.15, 0.2) is 0 Å². The molecule has 1 nitrogen and oxygen atoms in total. The van der Waals surface area contributed by atoms with Crippen molar-refractivity contribution in [1.29, 1.82) is 0 Å². The first-order valence-electron chi connectivity index (χ1n) is 5.37. The van der Waals surface area contributed by atoms with Crippen LogP contribution in [0.2, 0.25) is 0 Å². The van der Waals surface area contributed by atoms with Gasteiger partial charge in [-0.15, -0.1) is 0 Å². The third-order valence-corrected chi connectivity index (χ3v) is 4.00. The van der Waals surface area contributed by atoms with Crippen molar-refractivity contribution in [3.8, 4) is 0 Å². The molecule has 90 valence electrons. The molecule has 17 heavy (non-hydrogen) atoms. The van der Waals surface area contributed by atoms with Gasteiger partial charge in [-0.1, -0.05) is 18.2 Å². The minimum atomic E-state index is -4.31. The van der Waals surface area contributed by atoms with Gasteiger partial charge in [-0.3, -0.25) is 0 Å². The lowest BCUT2D eigenvalue weighted by molar-refractivity contribution is -0.144. The number of rotatable bonds is 0. The standard InChI is InChI=1S/C12H9BrF3N/c13-9-8-5-1-3-7-4-2-6-17(10(7)8)11(9)12(14,15)16/h1,3,5H,2,4,6H2. The minimum Gasteiger partial charge on any atom is -0.336 e. The Morgan fingerprint density at radius 2 is 2.00 bits per heavy atom. The second-order valence-electron chi connectivity index (χ2n) is 4.23. The number of halogens is 4. The van der Waals surface area contributed by atoms with Crippen LogP contribution in [0.5, 0.6) is 0 Å². The zero-order valence-corrected chi connectivity index (χ0v) is 10.4. The van der Waals surface area contributed by atoms with E-state index < -0.39 is 11.9 Å². The maximum Gasteiger partial charge on any atom is 0.432 e. The number of alkyl halides is 3. The van der Waals surface area contributed by atoms with Crippen LogP contribution < -0.4 is 0 Å². The van der Waals surface area contributed by atoms with Crippen LogP contribution in [0.1, 0.15) is 17.7 Å². The molecule has 2 aromatic rings. The average molecular weight is 304 g/mol. The van der Waals surface area contributed by atoms with Crippen LogP contribution in [0.4, 0.5) is 13.2 Å². The van der Waals surface area contributed by atoms with Crippen molar-refractivity contribution < 1.29 is 13.2 Å². The lowest BCUT2D eigenvalue weighted by atomic mass is 10.0. The molecule has 0 fully saturated rings. The molecule has 1 aromatic heterocycles. The molecule has 5 heteroatoms. The van der Waals surface area contributed by atoms with Gasteiger partial charge in [0.2, 0.25) is 0 Å². The van der Waals surface area contributed by atoms with E-state index >= 15 is 0 Å². The Hall–Kier alpha value is -0.970. The van der Waals surface area contributed by atoms with Gasteiger partial charge in [0.1, 0.15) is 5.69 Å². The molecule has 0 spiro atoms. The zero-order valence-electron chi connectivity index (χ0n) is 8.81. The predicted molar refractivity (Wildman–Crippen MR) is 63.0 cm³/mol. The van der Waals surface area contributed by atoms with Gasteiger partial charge in [0, 0.05) is 11.9 Å². The van der Waals surface area contributed by atoms with Crippen LogP contribution in [-0.2, 0) is 19.1 Å². The highest BCUT2D eigenvalue weighted by molar-refractivity contribution is 9.10. The summed E-state index contributed by atoms with van der Waals surface area (Å²) >= 11 is 3.10. The summed E-state index contributed by atoms with van der Waals surface area (Å²) in [7, 11) is 0. The molecule has 0 aliphatic carbocycles. The second-order valence-corrected chi connectivity index (χ2v) is 5.02. The van der Waals surface area contributed by atoms with Gasteiger partial charge in [0.05, 0.1) is 9.99 Å². The molecule has 2 heterocycles. The van der Waals surface area contributed by atoms with E-state index in [0.29, 0.717) is 11.9 Å². The smallest absolute Gasteiger partial charge is 0.336 e. The Kier molecular flexibility index (Phi) is 2.30. The maximum atomic E-state index is 13.0. The first-order valence-corrected chi connectivity index (χ1v) is 6.16. The molecule has 0 N–H and O–H groups in total. The van der Waals surface area contributed by atoms with Gasteiger partial charge in [-0.2, -0.15) is 13.2 Å². The monoisotopic (exact) mass is 303 g/mol. The van der Waals surface area contributed by atoms with Crippen molar-refractivity contribution in [3.05, 3.63) is 33.9 Å². The number of hydrogen-bond acceptors (Lipinski definition) is 0. The molecule has 0 bridgehead atoms. The fourth-order valence-electron chi connectivity index (χ4n) is 2.58. The van der Waals surface area contributed by atoms with Gasteiger partial charge in [0.25, 0.3) is 0 Å². The Morgan fingerprint density at radius 1 is 1.24 bits per heavy atom. The summed E-state index contributed by atoms with van der Waals surface area (Å²) < 4.78 is 40.7. The SMILES string of the molecule is FC(F)(F)c1c(Br)c2cccc3c2n1CCC3. The van der Waals surface area contributed by atoms with Crippen molar-refractivity contribution in [3.63, 3.8) is 0 Å². The number of aromatic nitrogens is 1. The Labute approximate surface area is 104 Å². The van der Waals surface area contributed by atoms with E-state index in [4.69, 9.17) is 0 Å². The summed E-state index contributed by atoms with van der Waals surface area (Å²) in [5.41, 5.74) is 1.18. The van der Waals surface area contributed by atoms with E-state index in [9.17, 15) is 13.2 Å². The van der Waals surface area contributed by atoms with Crippen molar-refractivity contribution in [1.82, 2.24) is 4.57 Å². The molecule has 1 aliphatic rings. The maximum absolute atomic E-state index is 13.0. The summed E-state index contributed by atoms with van der Waals surface area (Å²) in [5, 5.41) is 0.662. The van der Waals surface area contributed by atoms with Crippen molar-refractivity contribution >= 4 is 26.8 Å². The molecule has 0 amide bonds. The van der Waals surface area contributed by atoms with Crippen molar-refractivity contribution in [2.45, 2.75) is 25.6 Å². The van der Waals surface area contributed by atoms with Crippen LogP contribution in [0.3, 0.4) is 0 Å². The Bertz CT molecular complexity index is 598. The lowest BCUT2D eigenvalue weighted by Crippen LogP contribution is -2.17. The number of benzene rings is 1. The Balaban J connectivity index is 2.46. The molecule has 0 saturated carbocycles. The topological polar surface area (TPSA) is 4.93 Å². The largest absolute Gasteiger partial charge is 0.432 e. The number of hydrogen-bond donors (Lipinski definition) is 0.